The number of phenols is 1. The molecule has 0 unspecified atom stereocenters. The van der Waals surface area contributed by atoms with Crippen molar-refractivity contribution in [2.45, 2.75) is 90.2 Å². The summed E-state index contributed by atoms with van der Waals surface area (Å²) in [5.74, 6) is -8.73. The van der Waals surface area contributed by atoms with E-state index in [2.05, 4.69) is 42.5 Å². The minimum absolute atomic E-state index is 0.123. The van der Waals surface area contributed by atoms with Crippen molar-refractivity contribution in [3.63, 3.8) is 0 Å². The van der Waals surface area contributed by atoms with E-state index < -0.39 is 108 Å². The Morgan fingerprint density at radius 3 is 1.91 bits per heavy atom. The molecule has 304 valence electrons. The number of nitrogens with one attached hydrogen (secondary N) is 5. The van der Waals surface area contributed by atoms with Crippen LogP contribution in [0, 0.1) is 11.8 Å². The first-order chi connectivity index (χ1) is 26.3. The number of ether oxygens (including phenoxy) is 1. The summed E-state index contributed by atoms with van der Waals surface area (Å²) in [4.78, 5) is 105. The number of esters is 1. The van der Waals surface area contributed by atoms with Gasteiger partial charge in [-0.3, -0.25) is 33.6 Å². The van der Waals surface area contributed by atoms with Gasteiger partial charge >= 0.3 is 5.97 Å². The Balaban J connectivity index is 2.43. The van der Waals surface area contributed by atoms with Gasteiger partial charge in [-0.1, -0.05) is 82.7 Å². The van der Waals surface area contributed by atoms with Gasteiger partial charge in [-0.15, -0.1) is 0 Å². The maximum Gasteiger partial charge on any atom is 0.329 e. The van der Waals surface area contributed by atoms with E-state index >= 15 is 0 Å². The summed E-state index contributed by atoms with van der Waals surface area (Å²) in [6, 6.07) is -2.52. The zero-order valence-corrected chi connectivity index (χ0v) is 33.3. The van der Waals surface area contributed by atoms with Crippen LogP contribution in [0.2, 0.25) is 0 Å². The van der Waals surface area contributed by atoms with Gasteiger partial charge in [-0.05, 0) is 52.4 Å². The number of phenolic OH excluding ortho intramolecular Hbond substituents is 1. The van der Waals surface area contributed by atoms with Gasteiger partial charge < -0.3 is 47.9 Å². The van der Waals surface area contributed by atoms with Gasteiger partial charge in [0.2, 0.25) is 41.4 Å². The Hall–Kier alpha value is -5.78. The molecule has 7 atom stereocenters. The normalized spacial score (nSPS) is 23.8. The molecule has 18 heteroatoms. The molecule has 17 nitrogen and oxygen atoms in total. The maximum atomic E-state index is 13.8. The van der Waals surface area contributed by atoms with Crippen molar-refractivity contribution in [2.24, 2.45) is 23.3 Å². The first kappa shape index (κ1) is 46.4. The number of cyclic esters (lactones) is 1. The first-order valence-electron chi connectivity index (χ1n) is 17.8. The Morgan fingerprint density at radius 2 is 1.36 bits per heavy atom. The van der Waals surface area contributed by atoms with E-state index in [0.29, 0.717) is 10.9 Å². The van der Waals surface area contributed by atoms with E-state index in [0.717, 1.165) is 11.6 Å². The van der Waals surface area contributed by atoms with Crippen molar-refractivity contribution >= 4 is 69.3 Å². The van der Waals surface area contributed by atoms with Crippen LogP contribution in [0.5, 0.6) is 5.75 Å². The van der Waals surface area contributed by atoms with E-state index in [9.17, 15) is 43.5 Å². The van der Waals surface area contributed by atoms with Crippen LogP contribution < -0.4 is 38.1 Å². The molecule has 0 saturated carbocycles. The quantitative estimate of drug-likeness (QED) is 0.0780. The number of allylic oxidation sites excluding steroid dienone is 6. The molecule has 1 aliphatic heterocycles. The van der Waals surface area contributed by atoms with Crippen molar-refractivity contribution in [1.82, 2.24) is 26.6 Å². The van der Waals surface area contributed by atoms with Gasteiger partial charge in [0, 0.05) is 6.08 Å². The lowest BCUT2D eigenvalue weighted by Crippen LogP contribution is -2.62. The summed E-state index contributed by atoms with van der Waals surface area (Å²) in [6.07, 6.45) is 10.3. The van der Waals surface area contributed by atoms with Crippen molar-refractivity contribution in [2.75, 3.05) is 0 Å². The molecule has 0 spiro atoms. The second kappa shape index (κ2) is 22.6. The monoisotopic (exact) mass is 843 g/mol. The molecule has 7 amide bonds. The highest BCUT2D eigenvalue weighted by molar-refractivity contribution is 9.10. The Bertz CT molecular complexity index is 1760. The van der Waals surface area contributed by atoms with Crippen molar-refractivity contribution in [3.8, 4) is 5.75 Å². The molecule has 1 saturated heterocycles. The lowest BCUT2D eigenvalue weighted by molar-refractivity contribution is -0.157. The van der Waals surface area contributed by atoms with Crippen LogP contribution in [0.3, 0.4) is 0 Å². The van der Waals surface area contributed by atoms with Gasteiger partial charge in [-0.2, -0.15) is 0 Å². The highest BCUT2D eigenvalue weighted by Crippen LogP contribution is 2.24. The molecule has 2 rings (SSSR count). The fourth-order valence-electron chi connectivity index (χ4n) is 5.17. The number of benzene rings is 1. The van der Waals surface area contributed by atoms with E-state index in [1.54, 1.807) is 76.3 Å². The Kier molecular flexibility index (Phi) is 18.7. The van der Waals surface area contributed by atoms with Crippen molar-refractivity contribution in [3.05, 3.63) is 70.8 Å². The number of nitrogens with two attached hydrogens (primary N) is 2. The second-order valence-corrected chi connectivity index (χ2v) is 14.2. The number of halogens is 1. The van der Waals surface area contributed by atoms with Crippen LogP contribution in [0.1, 0.15) is 59.4 Å². The molecule has 10 N–H and O–H groups in total. The third kappa shape index (κ3) is 15.2. The lowest BCUT2D eigenvalue weighted by Gasteiger charge is -2.31. The van der Waals surface area contributed by atoms with E-state index in [1.165, 1.54) is 13.0 Å². The fourth-order valence-corrected chi connectivity index (χ4v) is 5.57. The van der Waals surface area contributed by atoms with Gasteiger partial charge in [0.15, 0.2) is 0 Å². The number of rotatable bonds is 13. The molecule has 0 bridgehead atoms. The van der Waals surface area contributed by atoms with E-state index in [-0.39, 0.29) is 5.75 Å². The van der Waals surface area contributed by atoms with Crippen molar-refractivity contribution < 1.29 is 48.2 Å². The molecule has 1 heterocycles. The predicted molar refractivity (Wildman–Crippen MR) is 209 cm³/mol. The zero-order valence-electron chi connectivity index (χ0n) is 31.7. The lowest BCUT2D eigenvalue weighted by atomic mass is 9.98. The predicted octanol–water partition coefficient (Wildman–Crippen LogP) is 0.659. The van der Waals surface area contributed by atoms with Crippen LogP contribution in [-0.4, -0.2) is 88.7 Å². The molecule has 0 radical (unpaired) electrons. The highest BCUT2D eigenvalue weighted by atomic mass is 79.9. The molecular weight excluding hydrogens is 794 g/mol. The van der Waals surface area contributed by atoms with Gasteiger partial charge in [0.05, 0.1) is 17.3 Å². The standard InChI is InChI=1S/C38H50BrN7O10/c1-6-21(4)32-38(55)56-22(5)33(44-30(50)14-12-10-8-7-9-11-13-23-15-16-27(47)24(39)17-23)37(54)45-31(20(2)3)36(53)43-25(18-28(40)48)34(51)42-26(19-29(41)49)35(52)46-32/h7-17,20-22,25-26,31-33,47H,6,18-19H2,1-5H3,(H2,40,48)(H2,41,49)(H,42,51)(H,43,53)(H,44,50)(H,45,54)(H,46,52)/b9-7+,10-8+,13-11+,14-12+/t21-,22+,25-,26+,31+,32+,33+/m0/s1. The largest absolute Gasteiger partial charge is 0.507 e. The number of hydrogen-bond acceptors (Lipinski definition) is 10. The molecule has 1 aromatic rings. The smallest absolute Gasteiger partial charge is 0.329 e. The third-order valence-electron chi connectivity index (χ3n) is 8.50. The molecule has 0 aromatic heterocycles. The van der Waals surface area contributed by atoms with Gasteiger partial charge in [-0.25, -0.2) is 4.79 Å². The van der Waals surface area contributed by atoms with Gasteiger partial charge in [0.1, 0.15) is 42.1 Å². The Morgan fingerprint density at radius 1 is 0.821 bits per heavy atom. The fraction of sp³-hybridized carbons (Fsp3) is 0.421. The topological polar surface area (TPSA) is 278 Å². The summed E-state index contributed by atoms with van der Waals surface area (Å²) in [5, 5.41) is 21.8. The molecule has 56 heavy (non-hydrogen) atoms. The molecule has 0 aliphatic carbocycles. The average molecular weight is 845 g/mol. The highest BCUT2D eigenvalue weighted by Gasteiger charge is 2.39. The molecule has 1 aromatic carbocycles. The maximum absolute atomic E-state index is 13.8. The van der Waals surface area contributed by atoms with Crippen LogP contribution >= 0.6 is 15.9 Å². The number of carbonyl (C=O) groups is 8. The van der Waals surface area contributed by atoms with Crippen LogP contribution in [0.4, 0.5) is 0 Å². The SMILES string of the molecule is CC[C@H](C)[C@H]1NC(=O)[C@@H](CC(N)=O)NC(=O)[C@H](CC(N)=O)NC(=O)[C@@H](C(C)C)NC(=O)[C@H](NC(=O)/C=C/C=C/C=C/C=C/c2ccc(O)c(Br)c2)[C@@H](C)OC1=O. The number of carbonyl (C=O) groups excluding carboxylic acids is 8. The zero-order chi connectivity index (χ0) is 42.1. The summed E-state index contributed by atoms with van der Waals surface area (Å²) in [5.41, 5.74) is 11.5. The number of hydrogen-bond donors (Lipinski definition) is 8. The van der Waals surface area contributed by atoms with Crippen LogP contribution in [0.25, 0.3) is 6.08 Å². The van der Waals surface area contributed by atoms with Crippen molar-refractivity contribution in [1.29, 1.82) is 0 Å². The minimum Gasteiger partial charge on any atom is -0.507 e. The number of primary amides is 2. The van der Waals surface area contributed by atoms with E-state index in [4.69, 9.17) is 16.2 Å². The number of amides is 7. The minimum atomic E-state index is -1.65. The van der Waals surface area contributed by atoms with Crippen LogP contribution in [0.15, 0.2) is 65.2 Å². The molecule has 1 aliphatic rings. The van der Waals surface area contributed by atoms with Crippen LogP contribution in [-0.2, 0) is 43.1 Å². The molecular formula is C38H50BrN7O10. The van der Waals surface area contributed by atoms with E-state index in [1.807, 2.05) is 6.08 Å². The first-order valence-corrected chi connectivity index (χ1v) is 18.6. The molecule has 1 fully saturated rings. The van der Waals surface area contributed by atoms with Gasteiger partial charge in [0.25, 0.3) is 0 Å². The summed E-state index contributed by atoms with van der Waals surface area (Å²) in [7, 11) is 0. The Labute approximate surface area is 333 Å². The summed E-state index contributed by atoms with van der Waals surface area (Å²) < 4.78 is 6.19. The third-order valence-corrected chi connectivity index (χ3v) is 9.14. The number of aromatic hydroxyl groups is 1. The summed E-state index contributed by atoms with van der Waals surface area (Å²) >= 11 is 3.26. The second-order valence-electron chi connectivity index (χ2n) is 13.4. The summed E-state index contributed by atoms with van der Waals surface area (Å²) in [6.45, 7) is 7.87. The average Bonchev–Trinajstić information content (AvgIpc) is 3.12.